The van der Waals surface area contributed by atoms with Crippen molar-refractivity contribution in [2.24, 2.45) is 5.73 Å². The minimum absolute atomic E-state index is 0.145. The first-order valence-corrected chi connectivity index (χ1v) is 4.00. The van der Waals surface area contributed by atoms with Gasteiger partial charge in [-0.3, -0.25) is 0 Å². The van der Waals surface area contributed by atoms with Crippen molar-refractivity contribution in [3.8, 4) is 0 Å². The number of carboxylic acids is 2. The second-order valence-corrected chi connectivity index (χ2v) is 2.20. The number of hydrogen-bond donors (Lipinski definition) is 4. The van der Waals surface area contributed by atoms with Crippen molar-refractivity contribution < 1.29 is 33.8 Å². The summed E-state index contributed by atoms with van der Waals surface area (Å²) in [6.07, 6.45) is 0. The molecule has 13 heavy (non-hydrogen) atoms. The highest BCUT2D eigenvalue weighted by Gasteiger charge is 2.08. The molecule has 9 heteroatoms. The van der Waals surface area contributed by atoms with Crippen LogP contribution in [0.1, 0.15) is 0 Å². The summed E-state index contributed by atoms with van der Waals surface area (Å²) >= 11 is 0. The van der Waals surface area contributed by atoms with Gasteiger partial charge in [0.05, 0.1) is 0 Å². The maximum Gasteiger partial charge on any atom is 0.694 e. The average molecular weight is 214 g/mol. The highest BCUT2D eigenvalue weighted by atomic mass is 31.1. The monoisotopic (exact) mass is 214 g/mol. The predicted molar refractivity (Wildman–Crippen MR) is 40.1 cm³/mol. The van der Waals surface area contributed by atoms with Gasteiger partial charge in [-0.25, -0.2) is 9.59 Å². The van der Waals surface area contributed by atoms with E-state index in [1.807, 2.05) is 0 Å². The van der Waals surface area contributed by atoms with E-state index in [0.717, 1.165) is 0 Å². The first-order chi connectivity index (χ1) is 5.91. The maximum absolute atomic E-state index is 9.63. The molecule has 0 amide bonds. The third kappa shape index (κ3) is 18.1. The van der Waals surface area contributed by atoms with Crippen LogP contribution in [-0.4, -0.2) is 40.2 Å². The Labute approximate surface area is 73.9 Å². The van der Waals surface area contributed by atoms with Gasteiger partial charge in [0.15, 0.2) is 0 Å². The van der Waals surface area contributed by atoms with Crippen LogP contribution in [0.4, 0.5) is 0 Å². The molecule has 1 unspecified atom stereocenters. The van der Waals surface area contributed by atoms with Crippen molar-refractivity contribution in [2.75, 3.05) is 13.2 Å². The molecule has 0 spiro atoms. The summed E-state index contributed by atoms with van der Waals surface area (Å²) in [5.41, 5.74) is 4.91. The molecule has 0 radical (unpaired) electrons. The van der Waals surface area contributed by atoms with Gasteiger partial charge < -0.3 is 15.9 Å². The normalized spacial score (nSPS) is 9.54. The summed E-state index contributed by atoms with van der Waals surface area (Å²) < 4.78 is 13.8. The van der Waals surface area contributed by atoms with E-state index >= 15 is 0 Å². The molecule has 0 saturated carbocycles. The van der Waals surface area contributed by atoms with Gasteiger partial charge >= 0.3 is 20.2 Å². The lowest BCUT2D eigenvalue weighted by molar-refractivity contribution is -0.159. The molecule has 0 aliphatic rings. The van der Waals surface area contributed by atoms with Crippen LogP contribution in [0.3, 0.4) is 0 Å². The van der Waals surface area contributed by atoms with E-state index in [2.05, 4.69) is 4.52 Å². The molecule has 0 aromatic heterocycles. The van der Waals surface area contributed by atoms with E-state index in [4.69, 9.17) is 30.4 Å². The zero-order chi connectivity index (χ0) is 10.9. The fourth-order valence-corrected chi connectivity index (χ4v) is 0.392. The zero-order valence-corrected chi connectivity index (χ0v) is 7.31. The highest BCUT2D eigenvalue weighted by molar-refractivity contribution is 7.32. The topological polar surface area (TPSA) is 147 Å². The van der Waals surface area contributed by atoms with Gasteiger partial charge in [-0.15, -0.1) is 9.42 Å². The lowest BCUT2D eigenvalue weighted by atomic mass is 10.7. The molecule has 5 N–H and O–H groups in total. The third-order valence-corrected chi connectivity index (χ3v) is 0.906. The lowest BCUT2D eigenvalue weighted by Gasteiger charge is -1.77. The molecule has 0 aliphatic carbocycles. The maximum atomic E-state index is 9.63. The van der Waals surface area contributed by atoms with Gasteiger partial charge in [0.25, 0.3) is 0 Å². The van der Waals surface area contributed by atoms with Gasteiger partial charge in [0, 0.05) is 11.1 Å². The fraction of sp³-hybridized carbons (Fsp3) is 0.500. The number of aliphatic carboxylic acids is 2. The van der Waals surface area contributed by atoms with E-state index in [-0.39, 0.29) is 13.2 Å². The predicted octanol–water partition coefficient (Wildman–Crippen LogP) is -1.23. The Morgan fingerprint density at radius 2 is 1.69 bits per heavy atom. The van der Waals surface area contributed by atoms with Crippen molar-refractivity contribution in [1.29, 1.82) is 0 Å². The second-order valence-electron chi connectivity index (χ2n) is 1.47. The summed E-state index contributed by atoms with van der Waals surface area (Å²) in [6, 6.07) is 0. The molecule has 0 aliphatic heterocycles. The van der Waals surface area contributed by atoms with Crippen LogP contribution < -0.4 is 5.73 Å². The van der Waals surface area contributed by atoms with Crippen LogP contribution >= 0.6 is 8.25 Å². The molecule has 0 heterocycles. The standard InChI is InChI=1S/C2H6NO3P.C2H2O4/c3-1-2-6-7(4)5;3-1(4)2(5)6/h1-3H2;(H,3,4)(H,5,6)/p+1. The Morgan fingerprint density at radius 1 is 1.31 bits per heavy atom. The number of rotatable bonds is 3. The van der Waals surface area contributed by atoms with Crippen LogP contribution in [-0.2, 0) is 18.7 Å². The van der Waals surface area contributed by atoms with Crippen molar-refractivity contribution in [3.63, 3.8) is 0 Å². The Morgan fingerprint density at radius 3 is 1.77 bits per heavy atom. The van der Waals surface area contributed by atoms with Crippen molar-refractivity contribution >= 4 is 20.2 Å². The molecular weight excluding hydrogens is 205 g/mol. The van der Waals surface area contributed by atoms with Gasteiger partial charge in [-0.05, 0) is 0 Å². The van der Waals surface area contributed by atoms with Crippen LogP contribution in [0.2, 0.25) is 0 Å². The smallest absolute Gasteiger partial charge is 0.473 e. The van der Waals surface area contributed by atoms with Crippen LogP contribution in [0, 0.1) is 0 Å². The molecule has 0 fully saturated rings. The first kappa shape index (κ1) is 14.4. The Kier molecular flexibility index (Phi) is 10.0. The number of hydrogen-bond acceptors (Lipinski definition) is 5. The summed E-state index contributed by atoms with van der Waals surface area (Å²) in [7, 11) is -2.44. The summed E-state index contributed by atoms with van der Waals surface area (Å²) in [5.74, 6) is -3.65. The zero-order valence-electron chi connectivity index (χ0n) is 6.41. The molecule has 0 aromatic rings. The van der Waals surface area contributed by atoms with Gasteiger partial charge in [-0.1, -0.05) is 0 Å². The molecule has 0 rings (SSSR count). The summed E-state index contributed by atoms with van der Waals surface area (Å²) in [5, 5.41) is 14.8. The summed E-state index contributed by atoms with van der Waals surface area (Å²) in [6.45, 7) is 0.424. The third-order valence-electron chi connectivity index (χ3n) is 0.503. The second kappa shape index (κ2) is 9.01. The Bertz CT molecular complexity index is 181. The van der Waals surface area contributed by atoms with Crippen LogP contribution in [0.5, 0.6) is 0 Å². The molecule has 76 valence electrons. The highest BCUT2D eigenvalue weighted by Crippen LogP contribution is 2.12. The molecular formula is C4H9NO7P+. The van der Waals surface area contributed by atoms with Crippen molar-refractivity contribution in [3.05, 3.63) is 0 Å². The van der Waals surface area contributed by atoms with Gasteiger partial charge in [0.2, 0.25) is 0 Å². The molecule has 1 atom stereocenters. The van der Waals surface area contributed by atoms with E-state index in [1.54, 1.807) is 0 Å². The lowest BCUT2D eigenvalue weighted by Crippen LogP contribution is -2.09. The van der Waals surface area contributed by atoms with Crippen LogP contribution in [0.15, 0.2) is 0 Å². The largest absolute Gasteiger partial charge is 0.694 e. The van der Waals surface area contributed by atoms with Gasteiger partial charge in [-0.2, -0.15) is 0 Å². The number of carbonyl (C=O) groups is 2. The number of carboxylic acid groups (broad SMARTS) is 2. The van der Waals surface area contributed by atoms with E-state index in [9.17, 15) is 4.57 Å². The van der Waals surface area contributed by atoms with E-state index in [0.29, 0.717) is 0 Å². The SMILES string of the molecule is NCCO[P+](=O)O.O=C(O)C(=O)O. The summed E-state index contributed by atoms with van der Waals surface area (Å²) in [4.78, 5) is 26.1. The molecule has 0 saturated heterocycles. The molecule has 0 bridgehead atoms. The van der Waals surface area contributed by atoms with Gasteiger partial charge in [0.1, 0.15) is 6.61 Å². The minimum Gasteiger partial charge on any atom is -0.473 e. The number of nitrogens with two attached hydrogens (primary N) is 1. The average Bonchev–Trinajstić information content (AvgIpc) is 2.01. The van der Waals surface area contributed by atoms with Crippen LogP contribution in [0.25, 0.3) is 0 Å². The Hall–Kier alpha value is -1.08. The Balaban J connectivity index is 0. The molecule has 0 aromatic carbocycles. The van der Waals surface area contributed by atoms with E-state index < -0.39 is 20.2 Å². The fourth-order valence-electron chi connectivity index (χ4n) is 0.131. The van der Waals surface area contributed by atoms with Crippen molar-refractivity contribution in [2.45, 2.75) is 0 Å². The van der Waals surface area contributed by atoms with Crippen molar-refractivity contribution in [1.82, 2.24) is 0 Å². The first-order valence-electron chi connectivity index (χ1n) is 2.87. The minimum atomic E-state index is -2.44. The quantitative estimate of drug-likeness (QED) is 0.337. The molecule has 8 nitrogen and oxygen atoms in total. The van der Waals surface area contributed by atoms with E-state index in [1.165, 1.54) is 0 Å².